The molecule has 0 unspecified atom stereocenters. The summed E-state index contributed by atoms with van der Waals surface area (Å²) >= 11 is 6.12. The smallest absolute Gasteiger partial charge is 0.133 e. The normalized spacial score (nSPS) is 17.6. The summed E-state index contributed by atoms with van der Waals surface area (Å²) in [5.74, 6) is 1.17. The number of fused-ring (bicyclic) bond motifs is 1. The number of hydrogen-bond acceptors (Lipinski definition) is 7. The molecule has 0 radical (unpaired) electrons. The highest BCUT2D eigenvalue weighted by Gasteiger charge is 2.23. The van der Waals surface area contributed by atoms with Gasteiger partial charge in [-0.15, -0.1) is 0 Å². The van der Waals surface area contributed by atoms with Crippen molar-refractivity contribution in [2.45, 2.75) is 20.3 Å². The van der Waals surface area contributed by atoms with Gasteiger partial charge in [0.15, 0.2) is 0 Å². The number of hydrogen-bond donors (Lipinski definition) is 1. The van der Waals surface area contributed by atoms with Gasteiger partial charge in [-0.25, -0.2) is 4.98 Å². The second kappa shape index (κ2) is 11.6. The highest BCUT2D eigenvalue weighted by molar-refractivity contribution is 6.31. The number of likely N-dealkylation sites (N-methyl/N-ethyl adjacent to an activating group) is 1. The van der Waals surface area contributed by atoms with Gasteiger partial charge in [-0.1, -0.05) is 18.5 Å². The Morgan fingerprint density at radius 1 is 0.861 bits per heavy atom. The Bertz CT molecular complexity index is 1150. The summed E-state index contributed by atoms with van der Waals surface area (Å²) < 4.78 is 0. The molecule has 0 bridgehead atoms. The second-order valence-electron chi connectivity index (χ2n) is 9.83. The molecule has 3 aromatic rings. The number of nitrogens with zero attached hydrogens (tertiary/aromatic N) is 6. The van der Waals surface area contributed by atoms with Crippen molar-refractivity contribution in [3.63, 3.8) is 0 Å². The van der Waals surface area contributed by atoms with Gasteiger partial charge in [-0.3, -0.25) is 9.88 Å². The van der Waals surface area contributed by atoms with E-state index in [1.54, 1.807) is 0 Å². The lowest BCUT2D eigenvalue weighted by atomic mass is 10.1. The maximum Gasteiger partial charge on any atom is 0.133 e. The lowest BCUT2D eigenvalue weighted by Gasteiger charge is -2.39. The number of anilines is 3. The molecule has 1 N–H and O–H groups in total. The minimum Gasteiger partial charge on any atom is -0.384 e. The maximum absolute atomic E-state index is 6.12. The molecule has 7 nitrogen and oxygen atoms in total. The second-order valence-corrected chi connectivity index (χ2v) is 10.3. The molecule has 0 saturated carbocycles. The number of pyridine rings is 2. The summed E-state index contributed by atoms with van der Waals surface area (Å²) in [6, 6.07) is 10.1. The Morgan fingerprint density at radius 3 is 2.36 bits per heavy atom. The first-order valence-electron chi connectivity index (χ1n) is 13.3. The predicted molar refractivity (Wildman–Crippen MR) is 152 cm³/mol. The van der Waals surface area contributed by atoms with Crippen LogP contribution in [-0.4, -0.2) is 91.8 Å². The van der Waals surface area contributed by atoms with Crippen molar-refractivity contribution in [2.75, 3.05) is 87.1 Å². The number of benzene rings is 1. The number of rotatable bonds is 8. The highest BCUT2D eigenvalue weighted by Crippen LogP contribution is 2.29. The fraction of sp³-hybridized carbons (Fsp3) is 0.500. The summed E-state index contributed by atoms with van der Waals surface area (Å²) in [5, 5.41) is 5.44. The van der Waals surface area contributed by atoms with Gasteiger partial charge in [-0.2, -0.15) is 0 Å². The largest absolute Gasteiger partial charge is 0.384 e. The molecule has 8 heteroatoms. The monoisotopic (exact) mass is 507 g/mol. The van der Waals surface area contributed by atoms with Crippen molar-refractivity contribution in [2.24, 2.45) is 0 Å². The Hall–Kier alpha value is -2.61. The van der Waals surface area contributed by atoms with Gasteiger partial charge in [0.25, 0.3) is 0 Å². The summed E-state index contributed by atoms with van der Waals surface area (Å²) in [4.78, 5) is 19.3. The van der Waals surface area contributed by atoms with Gasteiger partial charge in [-0.05, 0) is 56.8 Å². The molecule has 5 rings (SSSR count). The fourth-order valence-corrected chi connectivity index (χ4v) is 5.63. The minimum absolute atomic E-state index is 0.722. The SMILES string of the molecule is CCN1CCN(c2nccc(N3CCN(CCCNc4ccnc5cc(Cl)ccc45)CC3)c2C)CC1. The molecule has 0 spiro atoms. The van der Waals surface area contributed by atoms with Crippen LogP contribution in [0.1, 0.15) is 18.9 Å². The molecule has 2 fully saturated rings. The zero-order valence-electron chi connectivity index (χ0n) is 21.6. The summed E-state index contributed by atoms with van der Waals surface area (Å²) in [5.41, 5.74) is 4.73. The third-order valence-corrected chi connectivity index (χ3v) is 7.89. The number of nitrogens with one attached hydrogen (secondary N) is 1. The standard InChI is InChI=1S/C28H38ClN7/c1-3-33-13-19-36(20-14-33)28-22(2)27(8-11-32-28)35-17-15-34(16-18-35)12-4-9-30-25-7-10-31-26-21-23(29)5-6-24(25)26/h5-8,10-11,21H,3-4,9,12-20H2,1-2H3,(H,30,31). The van der Waals surface area contributed by atoms with Crippen LogP contribution in [0.3, 0.4) is 0 Å². The van der Waals surface area contributed by atoms with Gasteiger partial charge in [0, 0.05) is 98.6 Å². The van der Waals surface area contributed by atoms with E-state index in [4.69, 9.17) is 16.6 Å². The quantitative estimate of drug-likeness (QED) is 0.455. The summed E-state index contributed by atoms with van der Waals surface area (Å²) in [6.07, 6.45) is 4.95. The molecule has 2 aliphatic heterocycles. The first-order valence-corrected chi connectivity index (χ1v) is 13.7. The fourth-order valence-electron chi connectivity index (χ4n) is 5.47. The van der Waals surface area contributed by atoms with E-state index in [9.17, 15) is 0 Å². The van der Waals surface area contributed by atoms with Crippen molar-refractivity contribution in [1.29, 1.82) is 0 Å². The van der Waals surface area contributed by atoms with E-state index in [1.165, 1.54) is 17.1 Å². The Morgan fingerprint density at radius 2 is 1.58 bits per heavy atom. The lowest BCUT2D eigenvalue weighted by molar-refractivity contribution is 0.257. The first-order chi connectivity index (χ1) is 17.6. The molecule has 36 heavy (non-hydrogen) atoms. The minimum atomic E-state index is 0.722. The van der Waals surface area contributed by atoms with Crippen molar-refractivity contribution < 1.29 is 0 Å². The molecular weight excluding hydrogens is 470 g/mol. The van der Waals surface area contributed by atoms with Crippen LogP contribution in [0.25, 0.3) is 10.9 Å². The molecule has 0 aliphatic carbocycles. The summed E-state index contributed by atoms with van der Waals surface area (Å²) in [6.45, 7) is 16.4. The van der Waals surface area contributed by atoms with E-state index in [2.05, 4.69) is 49.8 Å². The van der Waals surface area contributed by atoms with Crippen LogP contribution in [0.2, 0.25) is 5.02 Å². The van der Waals surface area contributed by atoms with Gasteiger partial charge in [0.2, 0.25) is 0 Å². The Balaban J connectivity index is 1.10. The zero-order chi connectivity index (χ0) is 24.9. The van der Waals surface area contributed by atoms with Crippen molar-refractivity contribution in [3.05, 3.63) is 53.3 Å². The third-order valence-electron chi connectivity index (χ3n) is 7.65. The van der Waals surface area contributed by atoms with Crippen LogP contribution in [0, 0.1) is 6.92 Å². The topological polar surface area (TPSA) is 50.8 Å². The summed E-state index contributed by atoms with van der Waals surface area (Å²) in [7, 11) is 0. The first kappa shape index (κ1) is 25.1. The van der Waals surface area contributed by atoms with E-state index >= 15 is 0 Å². The van der Waals surface area contributed by atoms with Crippen LogP contribution in [0.15, 0.2) is 42.7 Å². The van der Waals surface area contributed by atoms with Crippen LogP contribution < -0.4 is 15.1 Å². The van der Waals surface area contributed by atoms with Crippen LogP contribution >= 0.6 is 11.6 Å². The van der Waals surface area contributed by atoms with Crippen LogP contribution in [-0.2, 0) is 0 Å². The van der Waals surface area contributed by atoms with E-state index < -0.39 is 0 Å². The predicted octanol–water partition coefficient (Wildman–Crippen LogP) is 4.36. The zero-order valence-corrected chi connectivity index (χ0v) is 22.3. The maximum atomic E-state index is 6.12. The lowest BCUT2D eigenvalue weighted by Crippen LogP contribution is -2.48. The Labute approximate surface area is 220 Å². The number of piperazine rings is 2. The van der Waals surface area contributed by atoms with Crippen molar-refractivity contribution in [3.8, 4) is 0 Å². The Kier molecular flexibility index (Phi) is 8.09. The third kappa shape index (κ3) is 5.69. The van der Waals surface area contributed by atoms with E-state index in [0.29, 0.717) is 0 Å². The molecule has 2 aromatic heterocycles. The van der Waals surface area contributed by atoms with Gasteiger partial charge < -0.3 is 20.0 Å². The van der Waals surface area contributed by atoms with Crippen molar-refractivity contribution >= 4 is 39.7 Å². The molecule has 0 amide bonds. The van der Waals surface area contributed by atoms with Gasteiger partial charge in [0.1, 0.15) is 5.82 Å². The molecule has 2 saturated heterocycles. The molecule has 4 heterocycles. The van der Waals surface area contributed by atoms with Gasteiger partial charge >= 0.3 is 0 Å². The number of aromatic nitrogens is 2. The van der Waals surface area contributed by atoms with Gasteiger partial charge in [0.05, 0.1) is 5.52 Å². The molecular formula is C28H38ClN7. The molecule has 2 aliphatic rings. The van der Waals surface area contributed by atoms with Crippen LogP contribution in [0.4, 0.5) is 17.2 Å². The molecule has 1 aromatic carbocycles. The van der Waals surface area contributed by atoms with E-state index in [1.807, 2.05) is 36.7 Å². The average Bonchev–Trinajstić information content (AvgIpc) is 2.91. The average molecular weight is 508 g/mol. The number of halogens is 1. The van der Waals surface area contributed by atoms with Crippen LogP contribution in [0.5, 0.6) is 0 Å². The van der Waals surface area contributed by atoms with E-state index in [0.717, 1.165) is 100 Å². The highest BCUT2D eigenvalue weighted by atomic mass is 35.5. The molecule has 0 atom stereocenters. The molecule has 192 valence electrons. The van der Waals surface area contributed by atoms with Crippen molar-refractivity contribution in [1.82, 2.24) is 19.8 Å². The van der Waals surface area contributed by atoms with E-state index in [-0.39, 0.29) is 0 Å².